The van der Waals surface area contributed by atoms with E-state index >= 15 is 0 Å². The van der Waals surface area contributed by atoms with Gasteiger partial charge in [-0.25, -0.2) is 0 Å². The van der Waals surface area contributed by atoms with Crippen LogP contribution in [-0.4, -0.2) is 42.4 Å². The molecule has 0 radical (unpaired) electrons. The number of esters is 1. The molecule has 1 saturated heterocycles. The average molecular weight is 564 g/mol. The largest absolute Gasteiger partial charge is 0.452 e. The van der Waals surface area contributed by atoms with Crippen molar-refractivity contribution in [3.05, 3.63) is 95.0 Å². The molecule has 3 aromatic carbocycles. The highest BCUT2D eigenvalue weighted by atomic mass is 35.5. The first-order valence-electron chi connectivity index (χ1n) is 12.5. The lowest BCUT2D eigenvalue weighted by atomic mass is 10.0. The van der Waals surface area contributed by atoms with Crippen LogP contribution in [0.2, 0.25) is 5.02 Å². The fourth-order valence-corrected chi connectivity index (χ4v) is 6.20. The number of thioether (sulfide) groups is 1. The van der Waals surface area contributed by atoms with Crippen molar-refractivity contribution in [3.8, 4) is 0 Å². The first-order chi connectivity index (χ1) is 18.9. The van der Waals surface area contributed by atoms with E-state index < -0.39 is 35.2 Å². The summed E-state index contributed by atoms with van der Waals surface area (Å²) in [7, 11) is 0. The quantitative estimate of drug-likeness (QED) is 0.421. The number of fused-ring (bicyclic) bond motifs is 1. The van der Waals surface area contributed by atoms with Crippen molar-refractivity contribution in [3.63, 3.8) is 0 Å². The van der Waals surface area contributed by atoms with Crippen molar-refractivity contribution in [1.82, 2.24) is 10.6 Å². The summed E-state index contributed by atoms with van der Waals surface area (Å²) >= 11 is 7.72. The number of benzene rings is 3. The number of nitrogens with zero attached hydrogens (tertiary/aromatic N) is 1. The Morgan fingerprint density at radius 3 is 2.41 bits per heavy atom. The summed E-state index contributed by atoms with van der Waals surface area (Å²) in [6.45, 7) is 0.0525. The Hall–Kier alpha value is -3.82. The van der Waals surface area contributed by atoms with Crippen molar-refractivity contribution >= 4 is 52.7 Å². The second-order valence-corrected chi connectivity index (χ2v) is 10.9. The third-order valence-corrected chi connectivity index (χ3v) is 8.15. The number of anilines is 1. The fraction of sp³-hybridized carbons (Fsp3) is 0.241. The molecule has 5 rings (SSSR count). The standard InChI is InChI=1S/C29H26ClN3O5S/c30-20-11-12-21-23(15-20)39-27(19-9-5-2-6-10-19)26(32-28(36)22-13-14-25(35)38-22)29(37)33(21)17-24(34)31-16-18-7-3-1-4-8-18/h1-12,15,22,26-27H,13-14,16-17H2,(H,31,34)(H,32,36)/t22-,26-,27+/m0/s1. The summed E-state index contributed by atoms with van der Waals surface area (Å²) in [6.07, 6.45) is -0.573. The summed E-state index contributed by atoms with van der Waals surface area (Å²) in [5.41, 5.74) is 2.26. The molecular weight excluding hydrogens is 538 g/mol. The molecule has 10 heteroatoms. The number of amides is 3. The van der Waals surface area contributed by atoms with Crippen LogP contribution in [0.4, 0.5) is 5.69 Å². The predicted octanol–water partition coefficient (Wildman–Crippen LogP) is 4.03. The molecule has 2 N–H and O–H groups in total. The maximum Gasteiger partial charge on any atom is 0.306 e. The molecule has 2 heterocycles. The zero-order chi connectivity index (χ0) is 27.4. The molecule has 39 heavy (non-hydrogen) atoms. The van der Waals surface area contributed by atoms with E-state index in [2.05, 4.69) is 10.6 Å². The van der Waals surface area contributed by atoms with Gasteiger partial charge in [0.1, 0.15) is 12.6 Å². The van der Waals surface area contributed by atoms with Gasteiger partial charge in [-0.2, -0.15) is 0 Å². The van der Waals surface area contributed by atoms with Crippen LogP contribution in [0, 0.1) is 0 Å². The molecular formula is C29H26ClN3O5S. The number of halogens is 1. The number of carbonyl (C=O) groups is 4. The van der Waals surface area contributed by atoms with E-state index in [0.717, 1.165) is 11.1 Å². The van der Waals surface area contributed by atoms with Crippen LogP contribution >= 0.6 is 23.4 Å². The fourth-order valence-electron chi connectivity index (χ4n) is 4.58. The molecule has 0 aliphatic carbocycles. The number of hydrogen-bond acceptors (Lipinski definition) is 6. The number of cyclic esters (lactones) is 1. The normalized spacial score (nSPS) is 20.5. The molecule has 3 amide bonds. The van der Waals surface area contributed by atoms with Crippen molar-refractivity contribution in [2.45, 2.75) is 41.7 Å². The van der Waals surface area contributed by atoms with Crippen LogP contribution in [0.3, 0.4) is 0 Å². The van der Waals surface area contributed by atoms with Crippen molar-refractivity contribution < 1.29 is 23.9 Å². The summed E-state index contributed by atoms with van der Waals surface area (Å²) in [5.74, 6) is -1.80. The first kappa shape index (κ1) is 26.8. The molecule has 0 spiro atoms. The Bertz CT molecular complexity index is 1390. The number of nitrogens with one attached hydrogen (secondary N) is 2. The van der Waals surface area contributed by atoms with Crippen LogP contribution in [0.15, 0.2) is 83.8 Å². The Labute approximate surface area is 235 Å². The summed E-state index contributed by atoms with van der Waals surface area (Å²) < 4.78 is 5.15. The monoisotopic (exact) mass is 563 g/mol. The highest BCUT2D eigenvalue weighted by Crippen LogP contribution is 2.46. The highest BCUT2D eigenvalue weighted by molar-refractivity contribution is 7.99. The van der Waals surface area contributed by atoms with Gasteiger partial charge in [-0.05, 0) is 29.3 Å². The maximum absolute atomic E-state index is 14.2. The zero-order valence-electron chi connectivity index (χ0n) is 20.8. The summed E-state index contributed by atoms with van der Waals surface area (Å²) in [6, 6.07) is 22.9. The maximum atomic E-state index is 14.2. The minimum Gasteiger partial charge on any atom is -0.452 e. The first-order valence-corrected chi connectivity index (χ1v) is 13.8. The van der Waals surface area contributed by atoms with Crippen LogP contribution < -0.4 is 15.5 Å². The Balaban J connectivity index is 1.47. The van der Waals surface area contributed by atoms with Gasteiger partial charge < -0.3 is 20.3 Å². The zero-order valence-corrected chi connectivity index (χ0v) is 22.4. The predicted molar refractivity (Wildman–Crippen MR) is 148 cm³/mol. The van der Waals surface area contributed by atoms with Gasteiger partial charge >= 0.3 is 5.97 Å². The molecule has 0 aromatic heterocycles. The third-order valence-electron chi connectivity index (χ3n) is 6.54. The molecule has 2 aliphatic heterocycles. The molecule has 2 aliphatic rings. The van der Waals surface area contributed by atoms with Crippen LogP contribution in [0.5, 0.6) is 0 Å². The van der Waals surface area contributed by atoms with E-state index in [1.54, 1.807) is 18.2 Å². The molecule has 0 bridgehead atoms. The van der Waals surface area contributed by atoms with Gasteiger partial charge in [0, 0.05) is 29.3 Å². The van der Waals surface area contributed by atoms with Gasteiger partial charge in [-0.1, -0.05) is 72.3 Å². The molecule has 200 valence electrons. The third kappa shape index (κ3) is 6.26. The van der Waals surface area contributed by atoms with E-state index in [1.165, 1.54) is 16.7 Å². The van der Waals surface area contributed by atoms with E-state index in [-0.39, 0.29) is 25.3 Å². The van der Waals surface area contributed by atoms with Gasteiger partial charge in [0.25, 0.3) is 11.8 Å². The van der Waals surface area contributed by atoms with Crippen LogP contribution in [-0.2, 0) is 30.5 Å². The van der Waals surface area contributed by atoms with Crippen LogP contribution in [0.25, 0.3) is 0 Å². The SMILES string of the molecule is O=C(CN1C(=O)[C@@H](NC(=O)[C@@H]2CCC(=O)O2)[C@@H](c2ccccc2)Sc2cc(Cl)ccc21)NCc1ccccc1. The average Bonchev–Trinajstić information content (AvgIpc) is 3.36. The molecule has 8 nitrogen and oxygen atoms in total. The molecule has 3 aromatic rings. The highest BCUT2D eigenvalue weighted by Gasteiger charge is 2.42. The van der Waals surface area contributed by atoms with Gasteiger partial charge in [0.05, 0.1) is 10.9 Å². The minimum absolute atomic E-state index is 0.144. The second-order valence-electron chi connectivity index (χ2n) is 9.25. The van der Waals surface area contributed by atoms with Gasteiger partial charge in [-0.3, -0.25) is 19.2 Å². The molecule has 0 saturated carbocycles. The minimum atomic E-state index is -1.04. The Morgan fingerprint density at radius 1 is 1.00 bits per heavy atom. The summed E-state index contributed by atoms with van der Waals surface area (Å²) in [4.78, 5) is 54.1. The number of rotatable bonds is 7. The van der Waals surface area contributed by atoms with Crippen molar-refractivity contribution in [2.24, 2.45) is 0 Å². The van der Waals surface area contributed by atoms with E-state index in [9.17, 15) is 19.2 Å². The topological polar surface area (TPSA) is 105 Å². The number of hydrogen-bond donors (Lipinski definition) is 2. The van der Waals surface area contributed by atoms with Crippen LogP contribution in [0.1, 0.15) is 29.2 Å². The lowest BCUT2D eigenvalue weighted by Gasteiger charge is -2.29. The Morgan fingerprint density at radius 2 is 1.72 bits per heavy atom. The number of carbonyl (C=O) groups excluding carboxylic acids is 4. The molecule has 3 atom stereocenters. The smallest absolute Gasteiger partial charge is 0.306 e. The van der Waals surface area contributed by atoms with Gasteiger partial charge in [0.15, 0.2) is 6.10 Å². The number of ether oxygens (including phenoxy) is 1. The van der Waals surface area contributed by atoms with Gasteiger partial charge in [-0.15, -0.1) is 11.8 Å². The van der Waals surface area contributed by atoms with E-state index in [0.29, 0.717) is 22.2 Å². The van der Waals surface area contributed by atoms with Crippen molar-refractivity contribution in [2.75, 3.05) is 11.4 Å². The molecule has 1 fully saturated rings. The molecule has 0 unspecified atom stereocenters. The lowest BCUT2D eigenvalue weighted by molar-refractivity contribution is -0.148. The lowest BCUT2D eigenvalue weighted by Crippen LogP contribution is -2.54. The summed E-state index contributed by atoms with van der Waals surface area (Å²) in [5, 5.41) is 5.65. The van der Waals surface area contributed by atoms with Gasteiger partial charge in [0.2, 0.25) is 5.91 Å². The Kier molecular flexibility index (Phi) is 8.18. The van der Waals surface area contributed by atoms with E-state index in [1.807, 2.05) is 60.7 Å². The second kappa shape index (κ2) is 11.9. The van der Waals surface area contributed by atoms with E-state index in [4.69, 9.17) is 16.3 Å². The van der Waals surface area contributed by atoms with Crippen molar-refractivity contribution in [1.29, 1.82) is 0 Å².